The summed E-state index contributed by atoms with van der Waals surface area (Å²) in [6.45, 7) is 16.2. The van der Waals surface area contributed by atoms with Crippen LogP contribution in [-0.4, -0.2) is 17.3 Å². The normalized spacial score (nSPS) is 23.3. The van der Waals surface area contributed by atoms with E-state index in [0.717, 1.165) is 17.6 Å². The summed E-state index contributed by atoms with van der Waals surface area (Å²) in [5.74, 6) is -1.20. The van der Waals surface area contributed by atoms with E-state index < -0.39 is 16.7 Å². The fourth-order valence-electron chi connectivity index (χ4n) is 5.28. The predicted octanol–water partition coefficient (Wildman–Crippen LogP) is 8.12. The second kappa shape index (κ2) is 11.9. The number of carbonyl (C=O) groups excluding carboxylic acids is 3. The SMILES string of the molecule is CC(C)=CCCC(=O)[C@]1(CC=C(C)C)C[C@H](CC=C(C)C)C(C)(C)[C@@H](C(=O)c2ccccc2)C1=O. The van der Waals surface area contributed by atoms with Crippen molar-refractivity contribution in [2.45, 2.75) is 87.5 Å². The molecule has 1 aromatic carbocycles. The van der Waals surface area contributed by atoms with E-state index in [-0.39, 0.29) is 23.3 Å². The molecule has 0 heterocycles. The lowest BCUT2D eigenvalue weighted by Crippen LogP contribution is -2.57. The van der Waals surface area contributed by atoms with Gasteiger partial charge in [-0.2, -0.15) is 0 Å². The molecule has 1 aromatic rings. The van der Waals surface area contributed by atoms with E-state index in [1.807, 2.05) is 65.8 Å². The zero-order valence-corrected chi connectivity index (χ0v) is 23.0. The van der Waals surface area contributed by atoms with Gasteiger partial charge in [-0.15, -0.1) is 0 Å². The molecular weight excluding hydrogens is 432 g/mol. The van der Waals surface area contributed by atoms with Crippen LogP contribution in [0.15, 0.2) is 65.3 Å². The van der Waals surface area contributed by atoms with Crippen LogP contribution in [0.4, 0.5) is 0 Å². The maximum Gasteiger partial charge on any atom is 0.173 e. The Kier molecular flexibility index (Phi) is 9.77. The summed E-state index contributed by atoms with van der Waals surface area (Å²) in [5, 5.41) is 0. The van der Waals surface area contributed by atoms with Gasteiger partial charge in [-0.05, 0) is 78.6 Å². The molecule has 1 fully saturated rings. The Hall–Kier alpha value is -2.55. The number of ketones is 3. The van der Waals surface area contributed by atoms with Crippen LogP contribution in [0.1, 0.15) is 97.9 Å². The molecule has 0 spiro atoms. The Morgan fingerprint density at radius 3 is 2.00 bits per heavy atom. The van der Waals surface area contributed by atoms with Crippen molar-refractivity contribution in [1.82, 2.24) is 0 Å². The zero-order chi connectivity index (χ0) is 26.4. The molecule has 0 aromatic heterocycles. The lowest BCUT2D eigenvalue weighted by Gasteiger charge is -2.51. The van der Waals surface area contributed by atoms with Crippen LogP contribution in [0.2, 0.25) is 0 Å². The summed E-state index contributed by atoms with van der Waals surface area (Å²) in [6.07, 6.45) is 8.78. The average molecular weight is 477 g/mol. The summed E-state index contributed by atoms with van der Waals surface area (Å²) < 4.78 is 0. The molecule has 0 bridgehead atoms. The van der Waals surface area contributed by atoms with Crippen LogP contribution < -0.4 is 0 Å². The molecule has 1 aliphatic carbocycles. The van der Waals surface area contributed by atoms with Crippen molar-refractivity contribution in [3.8, 4) is 0 Å². The van der Waals surface area contributed by atoms with Crippen molar-refractivity contribution in [3.63, 3.8) is 0 Å². The van der Waals surface area contributed by atoms with Gasteiger partial charge in [0.15, 0.2) is 11.6 Å². The zero-order valence-electron chi connectivity index (χ0n) is 23.0. The highest BCUT2D eigenvalue weighted by atomic mass is 16.2. The molecule has 0 radical (unpaired) electrons. The van der Waals surface area contributed by atoms with Crippen molar-refractivity contribution in [2.75, 3.05) is 0 Å². The first kappa shape index (κ1) is 28.7. The summed E-state index contributed by atoms with van der Waals surface area (Å²) in [5.41, 5.74) is 2.24. The van der Waals surface area contributed by atoms with Gasteiger partial charge in [-0.1, -0.05) is 79.1 Å². The Balaban J connectivity index is 2.67. The summed E-state index contributed by atoms with van der Waals surface area (Å²) >= 11 is 0. The molecule has 3 nitrogen and oxygen atoms in total. The number of Topliss-reactive ketones (excluding diaryl/α,β-unsaturated/α-hetero) is 3. The molecule has 35 heavy (non-hydrogen) atoms. The van der Waals surface area contributed by atoms with Gasteiger partial charge in [0, 0.05) is 12.0 Å². The Morgan fingerprint density at radius 1 is 0.886 bits per heavy atom. The van der Waals surface area contributed by atoms with Crippen LogP contribution in [-0.2, 0) is 9.59 Å². The summed E-state index contributed by atoms with van der Waals surface area (Å²) in [6, 6.07) is 9.08. The molecule has 2 rings (SSSR count). The summed E-state index contributed by atoms with van der Waals surface area (Å²) in [7, 11) is 0. The van der Waals surface area contributed by atoms with Gasteiger partial charge in [-0.25, -0.2) is 0 Å². The van der Waals surface area contributed by atoms with Crippen LogP contribution in [0.25, 0.3) is 0 Å². The van der Waals surface area contributed by atoms with Gasteiger partial charge in [0.2, 0.25) is 0 Å². The highest BCUT2D eigenvalue weighted by Crippen LogP contribution is 2.55. The molecule has 190 valence electrons. The van der Waals surface area contributed by atoms with E-state index in [4.69, 9.17) is 0 Å². The lowest BCUT2D eigenvalue weighted by atomic mass is 9.49. The van der Waals surface area contributed by atoms with Gasteiger partial charge >= 0.3 is 0 Å². The van der Waals surface area contributed by atoms with Crippen molar-refractivity contribution >= 4 is 17.3 Å². The monoisotopic (exact) mass is 476 g/mol. The van der Waals surface area contributed by atoms with Gasteiger partial charge in [-0.3, -0.25) is 14.4 Å². The quantitative estimate of drug-likeness (QED) is 0.195. The van der Waals surface area contributed by atoms with E-state index >= 15 is 0 Å². The molecule has 1 aliphatic rings. The maximum absolute atomic E-state index is 14.4. The second-order valence-electron chi connectivity index (χ2n) is 11.6. The molecule has 0 aliphatic heterocycles. The molecule has 0 N–H and O–H groups in total. The van der Waals surface area contributed by atoms with Crippen LogP contribution >= 0.6 is 0 Å². The van der Waals surface area contributed by atoms with Crippen molar-refractivity contribution in [3.05, 3.63) is 70.8 Å². The maximum atomic E-state index is 14.4. The first-order chi connectivity index (χ1) is 16.3. The van der Waals surface area contributed by atoms with E-state index in [1.54, 1.807) is 12.1 Å². The molecule has 3 heteroatoms. The number of rotatable bonds is 10. The van der Waals surface area contributed by atoms with E-state index in [2.05, 4.69) is 26.0 Å². The fraction of sp³-hybridized carbons (Fsp3) is 0.531. The third-order valence-electron chi connectivity index (χ3n) is 7.57. The van der Waals surface area contributed by atoms with Gasteiger partial charge in [0.1, 0.15) is 5.78 Å². The fourth-order valence-corrected chi connectivity index (χ4v) is 5.28. The molecule has 0 unspecified atom stereocenters. The minimum absolute atomic E-state index is 0.0268. The van der Waals surface area contributed by atoms with Crippen molar-refractivity contribution in [1.29, 1.82) is 0 Å². The highest BCUT2D eigenvalue weighted by molar-refractivity contribution is 6.19. The average Bonchev–Trinajstić information content (AvgIpc) is 2.77. The minimum Gasteiger partial charge on any atom is -0.299 e. The van der Waals surface area contributed by atoms with Crippen LogP contribution in [0, 0.1) is 22.7 Å². The van der Waals surface area contributed by atoms with E-state index in [0.29, 0.717) is 31.2 Å². The van der Waals surface area contributed by atoms with Gasteiger partial charge in [0.05, 0.1) is 11.3 Å². The third kappa shape index (κ3) is 6.78. The van der Waals surface area contributed by atoms with Crippen LogP contribution in [0.3, 0.4) is 0 Å². The van der Waals surface area contributed by atoms with Crippen molar-refractivity contribution < 1.29 is 14.4 Å². The predicted molar refractivity (Wildman–Crippen MR) is 145 cm³/mol. The van der Waals surface area contributed by atoms with Crippen LogP contribution in [0.5, 0.6) is 0 Å². The second-order valence-corrected chi connectivity index (χ2v) is 11.6. The number of benzene rings is 1. The Morgan fingerprint density at radius 2 is 1.46 bits per heavy atom. The van der Waals surface area contributed by atoms with Gasteiger partial charge < -0.3 is 0 Å². The molecular formula is C32H44O3. The number of allylic oxidation sites excluding steroid dienone is 6. The Bertz CT molecular complexity index is 1010. The number of carbonyl (C=O) groups is 3. The van der Waals surface area contributed by atoms with Gasteiger partial charge in [0.25, 0.3) is 0 Å². The smallest absolute Gasteiger partial charge is 0.173 e. The topological polar surface area (TPSA) is 51.2 Å². The lowest BCUT2D eigenvalue weighted by molar-refractivity contribution is -0.153. The molecule has 0 amide bonds. The third-order valence-corrected chi connectivity index (χ3v) is 7.57. The number of hydrogen-bond donors (Lipinski definition) is 0. The standard InChI is InChI=1S/C32H44O3/c1-22(2)13-12-16-27(33)32(20-19-24(5)6)21-26(18-17-23(3)4)31(7,8)28(30(32)35)29(34)25-14-10-9-11-15-25/h9-11,13-15,17,19,26,28H,12,16,18,20-21H2,1-8H3/t26-,28-,32-/m0/s1. The molecule has 0 saturated heterocycles. The highest BCUT2D eigenvalue weighted by Gasteiger charge is 2.60. The Labute approximate surface area is 212 Å². The first-order valence-corrected chi connectivity index (χ1v) is 12.9. The van der Waals surface area contributed by atoms with E-state index in [9.17, 15) is 14.4 Å². The largest absolute Gasteiger partial charge is 0.299 e. The summed E-state index contributed by atoms with van der Waals surface area (Å²) in [4.78, 5) is 42.2. The minimum atomic E-state index is -1.17. The number of hydrogen-bond acceptors (Lipinski definition) is 3. The first-order valence-electron chi connectivity index (χ1n) is 12.9. The van der Waals surface area contributed by atoms with E-state index in [1.165, 1.54) is 5.57 Å². The van der Waals surface area contributed by atoms with Crippen molar-refractivity contribution in [2.24, 2.45) is 22.7 Å². The molecule has 1 saturated carbocycles. The molecule has 3 atom stereocenters.